The van der Waals surface area contributed by atoms with Crippen molar-refractivity contribution >= 4 is 5.78 Å². The van der Waals surface area contributed by atoms with Crippen molar-refractivity contribution < 1.29 is 4.79 Å². The van der Waals surface area contributed by atoms with Crippen LogP contribution in [0.1, 0.15) is 13.8 Å². The van der Waals surface area contributed by atoms with Gasteiger partial charge >= 0.3 is 0 Å². The lowest BCUT2D eigenvalue weighted by atomic mass is 10.2. The lowest BCUT2D eigenvalue weighted by Gasteiger charge is -2.01. The predicted octanol–water partition coefficient (Wildman–Crippen LogP) is 0.187. The van der Waals surface area contributed by atoms with Gasteiger partial charge in [0.05, 0.1) is 0 Å². The Morgan fingerprint density at radius 2 is 2.22 bits per heavy atom. The SMILES string of the molecule is CC#CC(NC)C(C)=O. The first kappa shape index (κ1) is 8.19. The van der Waals surface area contributed by atoms with Gasteiger partial charge in [-0.05, 0) is 20.9 Å². The highest BCUT2D eigenvalue weighted by Gasteiger charge is 2.04. The van der Waals surface area contributed by atoms with Crippen molar-refractivity contribution in [3.63, 3.8) is 0 Å². The second-order valence-corrected chi connectivity index (χ2v) is 1.73. The summed E-state index contributed by atoms with van der Waals surface area (Å²) in [5, 5.41) is 2.78. The maximum absolute atomic E-state index is 10.6. The molecule has 0 spiro atoms. The summed E-state index contributed by atoms with van der Waals surface area (Å²) in [7, 11) is 1.72. The molecule has 0 aliphatic rings. The number of hydrogen-bond acceptors (Lipinski definition) is 2. The zero-order valence-electron chi connectivity index (χ0n) is 5.99. The van der Waals surface area contributed by atoms with Gasteiger partial charge in [0.1, 0.15) is 6.04 Å². The summed E-state index contributed by atoms with van der Waals surface area (Å²) in [6.07, 6.45) is 0. The molecule has 50 valence electrons. The van der Waals surface area contributed by atoms with Crippen LogP contribution in [-0.2, 0) is 4.79 Å². The summed E-state index contributed by atoms with van der Waals surface area (Å²) in [6.45, 7) is 3.23. The minimum Gasteiger partial charge on any atom is -0.301 e. The second-order valence-electron chi connectivity index (χ2n) is 1.73. The summed E-state index contributed by atoms with van der Waals surface area (Å²) >= 11 is 0. The summed E-state index contributed by atoms with van der Waals surface area (Å²) in [5.74, 6) is 5.45. The molecule has 0 heterocycles. The summed E-state index contributed by atoms with van der Waals surface area (Å²) in [5.41, 5.74) is 0. The van der Waals surface area contributed by atoms with E-state index in [0.29, 0.717) is 0 Å². The minimum atomic E-state index is -0.282. The van der Waals surface area contributed by atoms with Crippen molar-refractivity contribution in [2.45, 2.75) is 19.9 Å². The Hall–Kier alpha value is -0.810. The topological polar surface area (TPSA) is 29.1 Å². The van der Waals surface area contributed by atoms with Gasteiger partial charge in [0.2, 0.25) is 0 Å². The first-order chi connectivity index (χ1) is 4.22. The number of carbonyl (C=O) groups excluding carboxylic acids is 1. The molecule has 0 aromatic carbocycles. The van der Waals surface area contributed by atoms with Crippen molar-refractivity contribution in [2.75, 3.05) is 7.05 Å². The third-order valence-electron chi connectivity index (χ3n) is 0.984. The summed E-state index contributed by atoms with van der Waals surface area (Å²) in [4.78, 5) is 10.6. The van der Waals surface area contributed by atoms with Crippen molar-refractivity contribution in [3.05, 3.63) is 0 Å². The normalized spacial score (nSPS) is 11.4. The highest BCUT2D eigenvalue weighted by molar-refractivity contribution is 5.84. The molecule has 1 unspecified atom stereocenters. The van der Waals surface area contributed by atoms with Crippen LogP contribution in [0.5, 0.6) is 0 Å². The average molecular weight is 125 g/mol. The first-order valence-corrected chi connectivity index (χ1v) is 2.82. The van der Waals surface area contributed by atoms with E-state index >= 15 is 0 Å². The van der Waals surface area contributed by atoms with Crippen LogP contribution in [0.25, 0.3) is 0 Å². The quantitative estimate of drug-likeness (QED) is 0.534. The molecular weight excluding hydrogens is 114 g/mol. The van der Waals surface area contributed by atoms with Gasteiger partial charge in [-0.25, -0.2) is 0 Å². The molecule has 2 heteroatoms. The number of likely N-dealkylation sites (N-methyl/N-ethyl adjacent to an activating group) is 1. The number of carbonyl (C=O) groups is 1. The Labute approximate surface area is 55.6 Å². The third kappa shape index (κ3) is 2.89. The van der Waals surface area contributed by atoms with E-state index in [-0.39, 0.29) is 11.8 Å². The van der Waals surface area contributed by atoms with Gasteiger partial charge in [0.15, 0.2) is 5.78 Å². The van der Waals surface area contributed by atoms with Crippen LogP contribution in [0.3, 0.4) is 0 Å². The molecule has 0 fully saturated rings. The van der Waals surface area contributed by atoms with Crippen molar-refractivity contribution in [3.8, 4) is 11.8 Å². The predicted molar refractivity (Wildman–Crippen MR) is 37.0 cm³/mol. The van der Waals surface area contributed by atoms with Gasteiger partial charge < -0.3 is 5.32 Å². The molecule has 0 aromatic heterocycles. The number of nitrogens with one attached hydrogen (secondary N) is 1. The largest absolute Gasteiger partial charge is 0.301 e. The fourth-order valence-electron chi connectivity index (χ4n) is 0.521. The highest BCUT2D eigenvalue weighted by Crippen LogP contribution is 1.79. The standard InChI is InChI=1S/C7H11NO/c1-4-5-7(8-3)6(2)9/h7-8H,1-3H3. The number of Topliss-reactive ketones (excluding diaryl/α,β-unsaturated/α-hetero) is 1. The molecule has 0 aliphatic carbocycles. The van der Waals surface area contributed by atoms with E-state index < -0.39 is 0 Å². The Bertz CT molecular complexity index is 152. The van der Waals surface area contributed by atoms with E-state index in [9.17, 15) is 4.79 Å². The number of ketones is 1. The summed E-state index contributed by atoms with van der Waals surface area (Å²) in [6, 6.07) is -0.282. The fraction of sp³-hybridized carbons (Fsp3) is 0.571. The van der Waals surface area contributed by atoms with Gasteiger partial charge in [-0.15, -0.1) is 5.92 Å². The van der Waals surface area contributed by atoms with Crippen LogP contribution >= 0.6 is 0 Å². The molecule has 0 radical (unpaired) electrons. The van der Waals surface area contributed by atoms with E-state index in [4.69, 9.17) is 0 Å². The molecular formula is C7H11NO. The lowest BCUT2D eigenvalue weighted by molar-refractivity contribution is -0.117. The smallest absolute Gasteiger partial charge is 0.158 e. The molecule has 1 N–H and O–H groups in total. The van der Waals surface area contributed by atoms with Crippen LogP contribution in [0.4, 0.5) is 0 Å². The van der Waals surface area contributed by atoms with E-state index in [0.717, 1.165) is 0 Å². The molecule has 0 rings (SSSR count). The Balaban J connectivity index is 3.94. The van der Waals surface area contributed by atoms with Crippen molar-refractivity contribution in [2.24, 2.45) is 0 Å². The molecule has 0 saturated heterocycles. The van der Waals surface area contributed by atoms with Gasteiger partial charge in [-0.2, -0.15) is 0 Å². The van der Waals surface area contributed by atoms with Crippen LogP contribution in [-0.4, -0.2) is 18.9 Å². The average Bonchev–Trinajstić information content (AvgIpc) is 1.82. The van der Waals surface area contributed by atoms with Gasteiger partial charge in [0.25, 0.3) is 0 Å². The highest BCUT2D eigenvalue weighted by atomic mass is 16.1. The Morgan fingerprint density at radius 1 is 1.67 bits per heavy atom. The van der Waals surface area contributed by atoms with Crippen molar-refractivity contribution in [1.29, 1.82) is 0 Å². The number of rotatable bonds is 2. The Morgan fingerprint density at radius 3 is 2.33 bits per heavy atom. The van der Waals surface area contributed by atoms with Gasteiger partial charge in [-0.1, -0.05) is 5.92 Å². The number of hydrogen-bond donors (Lipinski definition) is 1. The molecule has 9 heavy (non-hydrogen) atoms. The van der Waals surface area contributed by atoms with Gasteiger partial charge in [0, 0.05) is 0 Å². The molecule has 0 amide bonds. The van der Waals surface area contributed by atoms with E-state index in [1.165, 1.54) is 6.92 Å². The molecule has 1 atom stereocenters. The van der Waals surface area contributed by atoms with E-state index in [1.54, 1.807) is 14.0 Å². The van der Waals surface area contributed by atoms with Gasteiger partial charge in [-0.3, -0.25) is 4.79 Å². The Kier molecular flexibility index (Phi) is 3.74. The van der Waals surface area contributed by atoms with Crippen molar-refractivity contribution in [1.82, 2.24) is 5.32 Å². The van der Waals surface area contributed by atoms with Crippen LogP contribution in [0.2, 0.25) is 0 Å². The lowest BCUT2D eigenvalue weighted by Crippen LogP contribution is -2.30. The van der Waals surface area contributed by atoms with Crippen LogP contribution in [0, 0.1) is 11.8 Å². The minimum absolute atomic E-state index is 0.0619. The molecule has 0 bridgehead atoms. The summed E-state index contributed by atoms with van der Waals surface area (Å²) < 4.78 is 0. The third-order valence-corrected chi connectivity index (χ3v) is 0.984. The maximum Gasteiger partial charge on any atom is 0.158 e. The zero-order chi connectivity index (χ0) is 7.28. The van der Waals surface area contributed by atoms with E-state index in [2.05, 4.69) is 17.2 Å². The molecule has 0 saturated carbocycles. The molecule has 2 nitrogen and oxygen atoms in total. The second kappa shape index (κ2) is 4.11. The van der Waals surface area contributed by atoms with Crippen LogP contribution < -0.4 is 5.32 Å². The monoisotopic (exact) mass is 125 g/mol. The first-order valence-electron chi connectivity index (χ1n) is 2.82. The maximum atomic E-state index is 10.6. The fourth-order valence-corrected chi connectivity index (χ4v) is 0.521. The molecule has 0 aromatic rings. The molecule has 0 aliphatic heterocycles. The van der Waals surface area contributed by atoms with Crippen LogP contribution in [0.15, 0.2) is 0 Å². The zero-order valence-corrected chi connectivity index (χ0v) is 5.99. The van der Waals surface area contributed by atoms with E-state index in [1.807, 2.05) is 0 Å².